The van der Waals surface area contributed by atoms with E-state index < -0.39 is 0 Å². The highest BCUT2D eigenvalue weighted by molar-refractivity contribution is 14.1. The second-order valence-corrected chi connectivity index (χ2v) is 6.16. The van der Waals surface area contributed by atoms with Crippen molar-refractivity contribution in [3.05, 3.63) is 21.3 Å². The fourth-order valence-corrected chi connectivity index (χ4v) is 2.75. The molecule has 1 aromatic rings. The Balaban J connectivity index is 2.83. The number of nitrogens with one attached hydrogen (secondary N) is 2. The van der Waals surface area contributed by atoms with Crippen molar-refractivity contribution in [3.8, 4) is 5.75 Å². The van der Waals surface area contributed by atoms with Crippen LogP contribution >= 0.6 is 22.6 Å². The van der Waals surface area contributed by atoms with E-state index in [1.807, 2.05) is 0 Å². The summed E-state index contributed by atoms with van der Waals surface area (Å²) in [7, 11) is 1.51. The number of hydrogen-bond acceptors (Lipinski definition) is 4. The average Bonchev–Trinajstić information content (AvgIpc) is 2.52. The van der Waals surface area contributed by atoms with Gasteiger partial charge in [-0.1, -0.05) is 13.8 Å². The Bertz CT molecular complexity index is 560. The van der Waals surface area contributed by atoms with E-state index >= 15 is 0 Å². The van der Waals surface area contributed by atoms with Gasteiger partial charge in [0, 0.05) is 29.6 Å². The number of methoxy groups -OCH3 is 1. The quantitative estimate of drug-likeness (QED) is 0.623. The van der Waals surface area contributed by atoms with Crippen LogP contribution in [0.15, 0.2) is 12.1 Å². The molecule has 0 saturated heterocycles. The molecule has 0 saturated carbocycles. The molecule has 0 atom stereocenters. The summed E-state index contributed by atoms with van der Waals surface area (Å²) in [6.07, 6.45) is 0. The molecular weight excluding hydrogens is 405 g/mol. The van der Waals surface area contributed by atoms with Crippen molar-refractivity contribution in [2.45, 2.75) is 20.8 Å². The monoisotopic (exact) mass is 429 g/mol. The first-order valence-electron chi connectivity index (χ1n) is 7.58. The number of rotatable bonds is 8. The zero-order valence-electron chi connectivity index (χ0n) is 14.0. The second kappa shape index (κ2) is 9.71. The number of likely N-dealkylation sites (N-methyl/N-ethyl adjacent to an activating group) is 1. The van der Waals surface area contributed by atoms with Crippen molar-refractivity contribution in [1.29, 1.82) is 0 Å². The lowest BCUT2D eigenvalue weighted by molar-refractivity contribution is -0.114. The third-order valence-corrected chi connectivity index (χ3v) is 4.35. The Hall–Kier alpha value is -1.35. The number of halogens is 1. The minimum absolute atomic E-state index is 0.165. The first kappa shape index (κ1) is 19.7. The third-order valence-electron chi connectivity index (χ3n) is 3.45. The van der Waals surface area contributed by atoms with Gasteiger partial charge in [-0.15, -0.1) is 0 Å². The average molecular weight is 429 g/mol. The molecule has 2 amide bonds. The largest absolute Gasteiger partial charge is 0.496 e. The summed E-state index contributed by atoms with van der Waals surface area (Å²) < 4.78 is 6.07. The lowest BCUT2D eigenvalue weighted by atomic mass is 10.1. The number of amides is 2. The van der Waals surface area contributed by atoms with Gasteiger partial charge in [0.1, 0.15) is 5.75 Å². The van der Waals surface area contributed by atoms with Gasteiger partial charge in [-0.05, 0) is 41.7 Å². The maximum absolute atomic E-state index is 12.4. The van der Waals surface area contributed by atoms with Crippen LogP contribution in [-0.4, -0.2) is 50.0 Å². The molecule has 2 N–H and O–H groups in total. The molecule has 0 aliphatic heterocycles. The van der Waals surface area contributed by atoms with E-state index in [0.29, 0.717) is 23.5 Å². The summed E-state index contributed by atoms with van der Waals surface area (Å²) in [5.41, 5.74) is 1.10. The lowest BCUT2D eigenvalue weighted by Gasteiger charge is -2.18. The smallest absolute Gasteiger partial charge is 0.255 e. The summed E-state index contributed by atoms with van der Waals surface area (Å²) in [6, 6.07) is 3.39. The van der Waals surface area contributed by atoms with Gasteiger partial charge in [0.15, 0.2) is 0 Å². The SMILES string of the molecule is CCN(CC)CCNC(=O)c1cc([123I])c(NC(C)=O)cc1OC. The van der Waals surface area contributed by atoms with Crippen molar-refractivity contribution in [2.24, 2.45) is 0 Å². The molecule has 1 rings (SSSR count). The summed E-state index contributed by atoms with van der Waals surface area (Å²) in [5, 5.41) is 5.63. The summed E-state index contributed by atoms with van der Waals surface area (Å²) in [6.45, 7) is 8.93. The topological polar surface area (TPSA) is 70.7 Å². The van der Waals surface area contributed by atoms with Crippen LogP contribution in [0.5, 0.6) is 5.75 Å². The molecule has 0 aromatic heterocycles. The molecule has 0 unspecified atom stereocenters. The Kier molecular flexibility index (Phi) is 8.32. The maximum atomic E-state index is 12.4. The Labute approximate surface area is 151 Å². The number of hydrogen-bond donors (Lipinski definition) is 2. The molecule has 1 aromatic carbocycles. The van der Waals surface area contributed by atoms with Crippen LogP contribution in [0.2, 0.25) is 0 Å². The van der Waals surface area contributed by atoms with Gasteiger partial charge < -0.3 is 20.3 Å². The van der Waals surface area contributed by atoms with E-state index in [9.17, 15) is 9.59 Å². The fraction of sp³-hybridized carbons (Fsp3) is 0.500. The Morgan fingerprint density at radius 2 is 1.91 bits per heavy atom. The van der Waals surface area contributed by atoms with Crippen LogP contribution in [0.3, 0.4) is 0 Å². The number of ether oxygens (including phenoxy) is 1. The van der Waals surface area contributed by atoms with Gasteiger partial charge in [-0.2, -0.15) is 0 Å². The van der Waals surface area contributed by atoms with Crippen LogP contribution < -0.4 is 15.4 Å². The number of anilines is 1. The molecule has 0 heterocycles. The summed E-state index contributed by atoms with van der Waals surface area (Å²) in [5.74, 6) is 0.0946. The molecule has 6 nitrogen and oxygen atoms in total. The zero-order valence-corrected chi connectivity index (χ0v) is 16.2. The van der Waals surface area contributed by atoms with E-state index in [1.165, 1.54) is 14.0 Å². The predicted octanol–water partition coefficient (Wildman–Crippen LogP) is 2.33. The van der Waals surface area contributed by atoms with Gasteiger partial charge in [0.2, 0.25) is 5.91 Å². The maximum Gasteiger partial charge on any atom is 0.255 e. The molecule has 7 heteroatoms. The third kappa shape index (κ3) is 5.98. The van der Waals surface area contributed by atoms with Gasteiger partial charge in [0.25, 0.3) is 5.91 Å². The normalized spacial score (nSPS) is 10.5. The molecule has 0 radical (unpaired) electrons. The van der Waals surface area contributed by atoms with Gasteiger partial charge >= 0.3 is 0 Å². The fourth-order valence-electron chi connectivity index (χ4n) is 2.15. The minimum Gasteiger partial charge on any atom is -0.496 e. The highest BCUT2D eigenvalue weighted by atomic mass is 123. The number of benzene rings is 1. The van der Waals surface area contributed by atoms with Crippen molar-refractivity contribution >= 4 is 40.1 Å². The van der Waals surface area contributed by atoms with Crippen molar-refractivity contribution in [2.75, 3.05) is 38.6 Å². The predicted molar refractivity (Wildman–Crippen MR) is 100 cm³/mol. The van der Waals surface area contributed by atoms with Crippen molar-refractivity contribution in [3.63, 3.8) is 0 Å². The van der Waals surface area contributed by atoms with Crippen LogP contribution in [-0.2, 0) is 4.79 Å². The lowest BCUT2D eigenvalue weighted by Crippen LogP contribution is -2.35. The van der Waals surface area contributed by atoms with Gasteiger partial charge in [-0.3, -0.25) is 9.59 Å². The molecular formula is C16H24IN3O3. The molecule has 0 bridgehead atoms. The molecule has 0 aliphatic rings. The van der Waals surface area contributed by atoms with E-state index in [2.05, 4.69) is 52.0 Å². The second-order valence-electron chi connectivity index (χ2n) is 5.00. The van der Waals surface area contributed by atoms with E-state index in [0.717, 1.165) is 23.2 Å². The number of carbonyl (C=O) groups is 2. The molecule has 128 valence electrons. The zero-order chi connectivity index (χ0) is 17.4. The van der Waals surface area contributed by atoms with Crippen molar-refractivity contribution in [1.82, 2.24) is 10.2 Å². The van der Waals surface area contributed by atoms with Crippen LogP contribution in [0.25, 0.3) is 0 Å². The highest BCUT2D eigenvalue weighted by Gasteiger charge is 2.16. The van der Waals surface area contributed by atoms with Crippen LogP contribution in [0.4, 0.5) is 5.69 Å². The number of nitrogens with zero attached hydrogens (tertiary/aromatic N) is 1. The van der Waals surface area contributed by atoms with Gasteiger partial charge in [0.05, 0.1) is 18.4 Å². The standard InChI is InChI=1S/C16H24IN3O3/c1-5-20(6-2)8-7-18-16(22)12-9-13(17)14(19-11(3)21)10-15(12)23-4/h9-10H,5-8H2,1-4H3,(H,18,22)(H,19,21)/i17-4. The summed E-state index contributed by atoms with van der Waals surface area (Å²) in [4.78, 5) is 25.8. The molecule has 0 fully saturated rings. The van der Waals surface area contributed by atoms with Crippen LogP contribution in [0.1, 0.15) is 31.1 Å². The van der Waals surface area contributed by atoms with Gasteiger partial charge in [-0.25, -0.2) is 0 Å². The highest BCUT2D eigenvalue weighted by Crippen LogP contribution is 2.28. The minimum atomic E-state index is -0.179. The molecule has 23 heavy (non-hydrogen) atoms. The molecule has 0 spiro atoms. The van der Waals surface area contributed by atoms with E-state index in [1.54, 1.807) is 12.1 Å². The van der Waals surface area contributed by atoms with Crippen LogP contribution in [0, 0.1) is 3.57 Å². The van der Waals surface area contributed by atoms with Crippen molar-refractivity contribution < 1.29 is 14.3 Å². The van der Waals surface area contributed by atoms with E-state index in [4.69, 9.17) is 4.74 Å². The first-order valence-corrected chi connectivity index (χ1v) is 8.66. The number of carbonyl (C=O) groups excluding carboxylic acids is 2. The Morgan fingerprint density at radius 3 is 2.43 bits per heavy atom. The summed E-state index contributed by atoms with van der Waals surface area (Å²) >= 11 is 2.09. The first-order chi connectivity index (χ1) is 10.9. The van der Waals surface area contributed by atoms with E-state index in [-0.39, 0.29) is 11.8 Å². The Morgan fingerprint density at radius 1 is 1.26 bits per heavy atom. The molecule has 0 aliphatic carbocycles.